The van der Waals surface area contributed by atoms with Gasteiger partial charge in [-0.3, -0.25) is 0 Å². The number of alkyl halides is 4. The lowest BCUT2D eigenvalue weighted by Gasteiger charge is -2.36. The van der Waals surface area contributed by atoms with Gasteiger partial charge in [0.2, 0.25) is 0 Å². The number of hydrogen-bond acceptors (Lipinski definition) is 6. The number of halogens is 4. The maximum absolute atomic E-state index is 13.0. The number of nitrogens with zero attached hydrogens (tertiary/aromatic N) is 6. The highest BCUT2D eigenvalue weighted by molar-refractivity contribution is 9.09. The van der Waals surface area contributed by atoms with Crippen molar-refractivity contribution >= 4 is 33.1 Å². The third kappa shape index (κ3) is 3.71. The van der Waals surface area contributed by atoms with Crippen LogP contribution in [0.2, 0.25) is 0 Å². The van der Waals surface area contributed by atoms with Gasteiger partial charge in [0.05, 0.1) is 0 Å². The number of fused-ring (bicyclic) bond motifs is 1. The van der Waals surface area contributed by atoms with E-state index in [1.807, 2.05) is 29.2 Å². The summed E-state index contributed by atoms with van der Waals surface area (Å²) in [5.74, 6) is 0.137. The van der Waals surface area contributed by atoms with Gasteiger partial charge in [-0.1, -0.05) is 0 Å². The molecule has 148 valence electrons. The molecule has 1 fully saturated rings. The maximum atomic E-state index is 13.0. The lowest BCUT2D eigenvalue weighted by molar-refractivity contribution is -0.146. The standard InChI is InChI=1S/C17H16BrF3N6O/c18-11-28-13-3-1-12(2-4-13)25-7-9-26(10-8-25)15-6-5-14-22-23-16(17(19,20)21)27(14)24-15/h1-6H,7-11H2. The summed E-state index contributed by atoms with van der Waals surface area (Å²) in [5.41, 5.74) is 1.58. The van der Waals surface area contributed by atoms with Crippen molar-refractivity contribution < 1.29 is 17.9 Å². The number of rotatable bonds is 4. The molecule has 1 aromatic carbocycles. The van der Waals surface area contributed by atoms with E-state index in [1.165, 1.54) is 6.07 Å². The van der Waals surface area contributed by atoms with E-state index in [0.29, 0.717) is 24.4 Å². The molecule has 1 aliphatic heterocycles. The van der Waals surface area contributed by atoms with Gasteiger partial charge in [0.25, 0.3) is 5.82 Å². The molecule has 2 aromatic heterocycles. The van der Waals surface area contributed by atoms with Gasteiger partial charge in [-0.2, -0.15) is 17.7 Å². The highest BCUT2D eigenvalue weighted by Crippen LogP contribution is 2.28. The fraction of sp³-hybridized carbons (Fsp3) is 0.353. The first kappa shape index (κ1) is 18.8. The summed E-state index contributed by atoms with van der Waals surface area (Å²) in [7, 11) is 0. The normalized spacial score (nSPS) is 15.3. The summed E-state index contributed by atoms with van der Waals surface area (Å²) < 4.78 is 45.3. The van der Waals surface area contributed by atoms with E-state index in [4.69, 9.17) is 4.74 Å². The van der Waals surface area contributed by atoms with Crippen LogP contribution in [0.3, 0.4) is 0 Å². The Kier molecular flexibility index (Phi) is 5.00. The first-order valence-electron chi connectivity index (χ1n) is 8.54. The summed E-state index contributed by atoms with van der Waals surface area (Å²) in [6.07, 6.45) is -4.60. The third-order valence-corrected chi connectivity index (χ3v) is 4.76. The number of aromatic nitrogens is 4. The van der Waals surface area contributed by atoms with Crippen LogP contribution in [0.25, 0.3) is 5.65 Å². The summed E-state index contributed by atoms with van der Waals surface area (Å²) in [5, 5.41) is 10.9. The SMILES string of the molecule is FC(F)(F)c1nnc2ccc(N3CCN(c4ccc(OCBr)cc4)CC3)nn12. The van der Waals surface area contributed by atoms with Crippen LogP contribution in [0, 0.1) is 0 Å². The molecule has 0 unspecified atom stereocenters. The smallest absolute Gasteiger partial charge is 0.453 e. The monoisotopic (exact) mass is 456 g/mol. The van der Waals surface area contributed by atoms with Crippen molar-refractivity contribution in [2.45, 2.75) is 6.18 Å². The highest BCUT2D eigenvalue weighted by atomic mass is 79.9. The van der Waals surface area contributed by atoms with Gasteiger partial charge in [-0.25, -0.2) is 0 Å². The van der Waals surface area contributed by atoms with Crippen molar-refractivity contribution in [2.24, 2.45) is 0 Å². The van der Waals surface area contributed by atoms with Crippen LogP contribution < -0.4 is 14.5 Å². The van der Waals surface area contributed by atoms with Crippen LogP contribution in [-0.4, -0.2) is 51.5 Å². The lowest BCUT2D eigenvalue weighted by Crippen LogP contribution is -2.47. The molecule has 3 heterocycles. The molecular weight excluding hydrogens is 441 g/mol. The third-order valence-electron chi connectivity index (χ3n) is 4.53. The molecular formula is C17H16BrF3N6O. The zero-order valence-electron chi connectivity index (χ0n) is 14.6. The number of anilines is 2. The van der Waals surface area contributed by atoms with Gasteiger partial charge in [0.15, 0.2) is 5.65 Å². The van der Waals surface area contributed by atoms with Crippen molar-refractivity contribution in [1.29, 1.82) is 0 Å². The molecule has 0 aliphatic carbocycles. The first-order valence-corrected chi connectivity index (χ1v) is 9.66. The van der Waals surface area contributed by atoms with E-state index in [-0.39, 0.29) is 5.65 Å². The van der Waals surface area contributed by atoms with Crippen molar-refractivity contribution in [3.63, 3.8) is 0 Å². The second-order valence-electron chi connectivity index (χ2n) is 6.20. The van der Waals surface area contributed by atoms with Crippen LogP contribution >= 0.6 is 15.9 Å². The zero-order valence-corrected chi connectivity index (χ0v) is 16.2. The second kappa shape index (κ2) is 7.46. The van der Waals surface area contributed by atoms with Gasteiger partial charge in [0, 0.05) is 31.9 Å². The molecule has 3 aromatic rings. The Balaban J connectivity index is 1.47. The fourth-order valence-electron chi connectivity index (χ4n) is 3.13. The second-order valence-corrected chi connectivity index (χ2v) is 6.66. The minimum absolute atomic E-state index is 0.0699. The highest BCUT2D eigenvalue weighted by Gasteiger charge is 2.37. The summed E-state index contributed by atoms with van der Waals surface area (Å²) in [6, 6.07) is 11.0. The molecule has 1 saturated heterocycles. The zero-order chi connectivity index (χ0) is 19.7. The Hall–Kier alpha value is -2.56. The van der Waals surface area contributed by atoms with E-state index in [9.17, 15) is 13.2 Å². The van der Waals surface area contributed by atoms with Crippen LogP contribution in [-0.2, 0) is 6.18 Å². The Morgan fingerprint density at radius 2 is 1.61 bits per heavy atom. The van der Waals surface area contributed by atoms with Crippen LogP contribution in [0.4, 0.5) is 24.7 Å². The lowest BCUT2D eigenvalue weighted by atomic mass is 10.2. The number of piperazine rings is 1. The molecule has 28 heavy (non-hydrogen) atoms. The molecule has 0 amide bonds. The average molecular weight is 457 g/mol. The molecule has 0 radical (unpaired) electrons. The molecule has 0 spiro atoms. The van der Waals surface area contributed by atoms with E-state index in [0.717, 1.165) is 29.0 Å². The van der Waals surface area contributed by atoms with Crippen molar-refractivity contribution in [3.8, 4) is 5.75 Å². The Morgan fingerprint density at radius 3 is 2.25 bits per heavy atom. The van der Waals surface area contributed by atoms with Crippen molar-refractivity contribution in [3.05, 3.63) is 42.2 Å². The number of ether oxygens (including phenoxy) is 1. The predicted octanol–water partition coefficient (Wildman–Crippen LogP) is 3.20. The largest absolute Gasteiger partial charge is 0.482 e. The predicted molar refractivity (Wildman–Crippen MR) is 101 cm³/mol. The summed E-state index contributed by atoms with van der Waals surface area (Å²) in [6.45, 7) is 2.74. The van der Waals surface area contributed by atoms with Gasteiger partial charge in [-0.15, -0.1) is 15.3 Å². The van der Waals surface area contributed by atoms with E-state index in [1.54, 1.807) is 6.07 Å². The Bertz CT molecular complexity index is 954. The van der Waals surface area contributed by atoms with Crippen molar-refractivity contribution in [2.75, 3.05) is 41.5 Å². The minimum atomic E-state index is -4.60. The van der Waals surface area contributed by atoms with Gasteiger partial charge < -0.3 is 14.5 Å². The van der Waals surface area contributed by atoms with Gasteiger partial charge >= 0.3 is 6.18 Å². The average Bonchev–Trinajstić information content (AvgIpc) is 3.13. The molecule has 11 heteroatoms. The molecule has 0 atom stereocenters. The molecule has 1 aliphatic rings. The minimum Gasteiger partial charge on any atom is -0.482 e. The van der Waals surface area contributed by atoms with Crippen LogP contribution in [0.5, 0.6) is 5.75 Å². The summed E-state index contributed by atoms with van der Waals surface area (Å²) in [4.78, 5) is 4.17. The van der Waals surface area contributed by atoms with E-state index in [2.05, 4.69) is 36.1 Å². The topological polar surface area (TPSA) is 58.8 Å². The Morgan fingerprint density at radius 1 is 0.929 bits per heavy atom. The maximum Gasteiger partial charge on any atom is 0.453 e. The molecule has 0 bridgehead atoms. The fourth-order valence-corrected chi connectivity index (χ4v) is 3.40. The molecule has 7 nitrogen and oxygen atoms in total. The molecule has 0 N–H and O–H groups in total. The van der Waals surface area contributed by atoms with Crippen molar-refractivity contribution in [1.82, 2.24) is 19.8 Å². The van der Waals surface area contributed by atoms with E-state index < -0.39 is 12.0 Å². The van der Waals surface area contributed by atoms with E-state index >= 15 is 0 Å². The van der Waals surface area contributed by atoms with Gasteiger partial charge in [0.1, 0.15) is 17.1 Å². The quantitative estimate of drug-likeness (QED) is 0.561. The molecule has 4 rings (SSSR count). The van der Waals surface area contributed by atoms with Crippen LogP contribution in [0.1, 0.15) is 5.82 Å². The van der Waals surface area contributed by atoms with Crippen LogP contribution in [0.15, 0.2) is 36.4 Å². The Labute approximate surface area is 166 Å². The first-order chi connectivity index (χ1) is 13.5. The number of benzene rings is 1. The summed E-state index contributed by atoms with van der Waals surface area (Å²) >= 11 is 3.22. The van der Waals surface area contributed by atoms with Gasteiger partial charge in [-0.05, 0) is 52.3 Å². The molecule has 0 saturated carbocycles. The number of hydrogen-bond donors (Lipinski definition) is 0.